The van der Waals surface area contributed by atoms with Crippen molar-refractivity contribution in [2.24, 2.45) is 0 Å². The van der Waals surface area contributed by atoms with Crippen LogP contribution in [0.15, 0.2) is 30.6 Å². The third-order valence-electron chi connectivity index (χ3n) is 1.96. The summed E-state index contributed by atoms with van der Waals surface area (Å²) in [6.45, 7) is 0. The van der Waals surface area contributed by atoms with Crippen LogP contribution in [0.3, 0.4) is 0 Å². The molecule has 0 spiro atoms. The molecule has 0 amide bonds. The Labute approximate surface area is 115 Å². The van der Waals surface area contributed by atoms with Crippen LogP contribution in [0.2, 0.25) is 5.02 Å². The molecule has 78 valence electrons. The molecule has 1 heterocycles. The summed E-state index contributed by atoms with van der Waals surface area (Å²) >= 11 is 11.8. The van der Waals surface area contributed by atoms with E-state index in [2.05, 4.69) is 43.6 Å². The molecule has 2 rings (SSSR count). The van der Waals surface area contributed by atoms with Gasteiger partial charge in [0.05, 0.1) is 20.5 Å². The van der Waals surface area contributed by atoms with E-state index < -0.39 is 0 Å². The van der Waals surface area contributed by atoms with Gasteiger partial charge in [0.2, 0.25) is 0 Å². The zero-order valence-electron chi connectivity index (χ0n) is 7.62. The van der Waals surface area contributed by atoms with Gasteiger partial charge in [-0.2, -0.15) is 5.10 Å². The van der Waals surface area contributed by atoms with Crippen molar-refractivity contribution in [3.63, 3.8) is 0 Å². The summed E-state index contributed by atoms with van der Waals surface area (Å²) in [4.78, 5) is 0. The van der Waals surface area contributed by atoms with Crippen molar-refractivity contribution in [3.05, 3.63) is 44.7 Å². The molecule has 0 N–H and O–H groups in total. The molecule has 0 bridgehead atoms. The Hall–Kier alpha value is -0.0700. The summed E-state index contributed by atoms with van der Waals surface area (Å²) in [5.41, 5.74) is 2.06. The van der Waals surface area contributed by atoms with Gasteiger partial charge in [0.25, 0.3) is 0 Å². The second kappa shape index (κ2) is 4.84. The molecule has 1 aromatic heterocycles. The van der Waals surface area contributed by atoms with Crippen LogP contribution in [0.4, 0.5) is 0 Å². The summed E-state index contributed by atoms with van der Waals surface area (Å²) in [7, 11) is 0. The molecular weight excluding hydrogens is 390 g/mol. The van der Waals surface area contributed by atoms with Crippen LogP contribution in [-0.2, 0) is 5.33 Å². The van der Waals surface area contributed by atoms with Gasteiger partial charge in [-0.15, -0.1) is 0 Å². The highest BCUT2D eigenvalue weighted by molar-refractivity contribution is 14.1. The number of nitrogens with zero attached hydrogens (tertiary/aromatic N) is 2. The van der Waals surface area contributed by atoms with Gasteiger partial charge < -0.3 is 0 Å². The Morgan fingerprint density at radius 2 is 2.27 bits per heavy atom. The standard InChI is InChI=1S/C10H7BrClIN2/c11-4-7-1-2-10(9(12)3-7)15-6-8(13)5-14-15/h1-3,5-6H,4H2. The maximum Gasteiger partial charge on any atom is 0.0832 e. The van der Waals surface area contributed by atoms with Gasteiger partial charge in [-0.1, -0.05) is 33.6 Å². The lowest BCUT2D eigenvalue weighted by molar-refractivity contribution is 0.880. The van der Waals surface area contributed by atoms with Crippen molar-refractivity contribution in [1.82, 2.24) is 9.78 Å². The third-order valence-corrected chi connectivity index (χ3v) is 3.47. The molecule has 0 aliphatic heterocycles. The van der Waals surface area contributed by atoms with E-state index in [0.717, 1.165) is 20.2 Å². The van der Waals surface area contributed by atoms with Crippen LogP contribution in [0.5, 0.6) is 0 Å². The maximum absolute atomic E-state index is 6.17. The van der Waals surface area contributed by atoms with E-state index in [1.807, 2.05) is 24.4 Å². The van der Waals surface area contributed by atoms with Gasteiger partial charge in [0.15, 0.2) is 0 Å². The molecule has 0 saturated carbocycles. The molecule has 1 aromatic carbocycles. The zero-order valence-corrected chi connectivity index (χ0v) is 12.1. The second-order valence-corrected chi connectivity index (χ2v) is 5.24. The van der Waals surface area contributed by atoms with Crippen LogP contribution < -0.4 is 0 Å². The van der Waals surface area contributed by atoms with Crippen molar-refractivity contribution in [3.8, 4) is 5.69 Å². The minimum absolute atomic E-state index is 0.714. The summed E-state index contributed by atoms with van der Waals surface area (Å²) in [5.74, 6) is 0. The molecule has 0 aliphatic rings. The molecule has 0 fully saturated rings. The maximum atomic E-state index is 6.17. The van der Waals surface area contributed by atoms with Crippen molar-refractivity contribution in [2.45, 2.75) is 5.33 Å². The van der Waals surface area contributed by atoms with Gasteiger partial charge in [-0.25, -0.2) is 4.68 Å². The predicted molar refractivity (Wildman–Crippen MR) is 73.9 cm³/mol. The molecule has 0 atom stereocenters. The highest BCUT2D eigenvalue weighted by atomic mass is 127. The highest BCUT2D eigenvalue weighted by Crippen LogP contribution is 2.23. The quantitative estimate of drug-likeness (QED) is 0.553. The molecule has 5 heteroatoms. The fraction of sp³-hybridized carbons (Fsp3) is 0.100. The molecule has 0 aliphatic carbocycles. The van der Waals surface area contributed by atoms with E-state index in [1.165, 1.54) is 0 Å². The van der Waals surface area contributed by atoms with Crippen LogP contribution in [-0.4, -0.2) is 9.78 Å². The van der Waals surface area contributed by atoms with E-state index in [1.54, 1.807) is 10.9 Å². The van der Waals surface area contributed by atoms with E-state index >= 15 is 0 Å². The van der Waals surface area contributed by atoms with Gasteiger partial charge in [0.1, 0.15) is 0 Å². The van der Waals surface area contributed by atoms with Crippen LogP contribution in [0.1, 0.15) is 5.56 Å². The van der Waals surface area contributed by atoms with E-state index in [4.69, 9.17) is 11.6 Å². The normalized spacial score (nSPS) is 10.6. The first-order valence-corrected chi connectivity index (χ1v) is 6.83. The Bertz CT molecular complexity index is 484. The Balaban J connectivity index is 2.45. The zero-order chi connectivity index (χ0) is 10.8. The number of hydrogen-bond acceptors (Lipinski definition) is 1. The predicted octanol–water partition coefficient (Wildman–Crippen LogP) is 4.03. The summed E-state index contributed by atoms with van der Waals surface area (Å²) in [6, 6.07) is 5.95. The number of hydrogen-bond donors (Lipinski definition) is 0. The first-order chi connectivity index (χ1) is 7.20. The largest absolute Gasteiger partial charge is 0.238 e. The second-order valence-electron chi connectivity index (χ2n) is 3.02. The summed E-state index contributed by atoms with van der Waals surface area (Å²) < 4.78 is 2.87. The monoisotopic (exact) mass is 396 g/mol. The number of alkyl halides is 1. The van der Waals surface area contributed by atoms with Gasteiger partial charge in [0, 0.05) is 11.5 Å². The fourth-order valence-corrected chi connectivity index (χ4v) is 2.28. The number of halogens is 3. The Morgan fingerprint density at radius 3 is 2.80 bits per heavy atom. The minimum Gasteiger partial charge on any atom is -0.238 e. The van der Waals surface area contributed by atoms with Crippen LogP contribution in [0, 0.1) is 3.57 Å². The smallest absolute Gasteiger partial charge is 0.0832 e. The topological polar surface area (TPSA) is 17.8 Å². The summed E-state index contributed by atoms with van der Waals surface area (Å²) in [6.07, 6.45) is 3.74. The average molecular weight is 397 g/mol. The molecule has 15 heavy (non-hydrogen) atoms. The first-order valence-electron chi connectivity index (χ1n) is 4.25. The summed E-state index contributed by atoms with van der Waals surface area (Å²) in [5, 5.41) is 5.74. The lowest BCUT2D eigenvalue weighted by Crippen LogP contribution is -1.95. The van der Waals surface area contributed by atoms with Crippen molar-refractivity contribution >= 4 is 50.1 Å². The molecular formula is C10H7BrClIN2. The van der Waals surface area contributed by atoms with Crippen molar-refractivity contribution in [2.75, 3.05) is 0 Å². The van der Waals surface area contributed by atoms with E-state index in [-0.39, 0.29) is 0 Å². The third kappa shape index (κ3) is 2.54. The Morgan fingerprint density at radius 1 is 1.47 bits per heavy atom. The SMILES string of the molecule is Clc1cc(CBr)ccc1-n1cc(I)cn1. The number of rotatable bonds is 2. The average Bonchev–Trinajstić information content (AvgIpc) is 2.64. The van der Waals surface area contributed by atoms with Gasteiger partial charge in [-0.3, -0.25) is 0 Å². The minimum atomic E-state index is 0.714. The van der Waals surface area contributed by atoms with Crippen molar-refractivity contribution < 1.29 is 0 Å². The number of benzene rings is 1. The molecule has 2 aromatic rings. The lowest BCUT2D eigenvalue weighted by Gasteiger charge is -2.05. The van der Waals surface area contributed by atoms with Crippen LogP contribution >= 0.6 is 50.1 Å². The molecule has 2 nitrogen and oxygen atoms in total. The molecule has 0 unspecified atom stereocenters. The molecule has 0 saturated heterocycles. The lowest BCUT2D eigenvalue weighted by atomic mass is 10.2. The first kappa shape index (κ1) is 11.4. The highest BCUT2D eigenvalue weighted by Gasteiger charge is 2.04. The van der Waals surface area contributed by atoms with Gasteiger partial charge >= 0.3 is 0 Å². The van der Waals surface area contributed by atoms with Crippen molar-refractivity contribution in [1.29, 1.82) is 0 Å². The van der Waals surface area contributed by atoms with Crippen LogP contribution in [0.25, 0.3) is 5.69 Å². The number of aromatic nitrogens is 2. The Kier molecular flexibility index (Phi) is 3.69. The van der Waals surface area contributed by atoms with E-state index in [9.17, 15) is 0 Å². The fourth-order valence-electron chi connectivity index (χ4n) is 1.25. The molecule has 0 radical (unpaired) electrons. The van der Waals surface area contributed by atoms with Gasteiger partial charge in [-0.05, 0) is 40.3 Å². The van der Waals surface area contributed by atoms with E-state index in [0.29, 0.717) is 5.02 Å².